The van der Waals surface area contributed by atoms with Crippen LogP contribution in [-0.2, 0) is 6.54 Å². The van der Waals surface area contributed by atoms with E-state index >= 15 is 0 Å². The number of aromatic nitrogens is 2. The minimum Gasteiger partial charge on any atom is -0.393 e. The van der Waals surface area contributed by atoms with Crippen LogP contribution in [0.25, 0.3) is 0 Å². The third kappa shape index (κ3) is 2.56. The van der Waals surface area contributed by atoms with Gasteiger partial charge in [-0.25, -0.2) is 4.79 Å². The molecular weight excluding hydrogens is 260 g/mol. The van der Waals surface area contributed by atoms with E-state index in [0.29, 0.717) is 6.54 Å². The van der Waals surface area contributed by atoms with E-state index in [1.807, 2.05) is 13.8 Å². The van der Waals surface area contributed by atoms with Gasteiger partial charge >= 0.3 is 5.69 Å². The van der Waals surface area contributed by atoms with Gasteiger partial charge in [-0.2, -0.15) is 0 Å². The van der Waals surface area contributed by atoms with Gasteiger partial charge in [-0.1, -0.05) is 6.07 Å². The largest absolute Gasteiger partial charge is 0.393 e. The zero-order valence-corrected chi connectivity index (χ0v) is 11.3. The lowest BCUT2D eigenvalue weighted by Crippen LogP contribution is -2.25. The van der Waals surface area contributed by atoms with Gasteiger partial charge in [-0.3, -0.25) is 19.2 Å². The van der Waals surface area contributed by atoms with Crippen LogP contribution >= 0.6 is 0 Å². The zero-order valence-electron chi connectivity index (χ0n) is 11.3. The number of nitro benzene ring substituents is 1. The molecule has 7 nitrogen and oxygen atoms in total. The zero-order chi connectivity index (χ0) is 14.9. The summed E-state index contributed by atoms with van der Waals surface area (Å²) in [6.07, 6.45) is 3.42. The second-order valence-corrected chi connectivity index (χ2v) is 4.86. The number of hydrogen-bond acceptors (Lipinski definition) is 4. The number of nitrogens with zero attached hydrogens (tertiary/aromatic N) is 3. The van der Waals surface area contributed by atoms with Crippen LogP contribution in [0.1, 0.15) is 25.5 Å². The van der Waals surface area contributed by atoms with Crippen LogP contribution in [0, 0.1) is 10.1 Å². The molecule has 20 heavy (non-hydrogen) atoms. The Hall–Kier alpha value is -2.57. The molecule has 0 atom stereocenters. The van der Waals surface area contributed by atoms with Crippen LogP contribution in [-0.4, -0.2) is 14.1 Å². The Morgan fingerprint density at radius 1 is 1.35 bits per heavy atom. The monoisotopic (exact) mass is 276 g/mol. The molecule has 1 aromatic heterocycles. The molecule has 0 unspecified atom stereocenters. The van der Waals surface area contributed by atoms with Crippen LogP contribution in [0.4, 0.5) is 11.4 Å². The maximum Gasteiger partial charge on any atom is 0.328 e. The number of imidazole rings is 1. The van der Waals surface area contributed by atoms with E-state index < -0.39 is 4.92 Å². The molecule has 0 amide bonds. The first kappa shape index (κ1) is 13.9. The highest BCUT2D eigenvalue weighted by molar-refractivity contribution is 5.59. The number of nitro groups is 1. The van der Waals surface area contributed by atoms with Crippen molar-refractivity contribution in [3.8, 4) is 0 Å². The van der Waals surface area contributed by atoms with Crippen LogP contribution in [0.3, 0.4) is 0 Å². The van der Waals surface area contributed by atoms with Gasteiger partial charge < -0.3 is 5.73 Å². The van der Waals surface area contributed by atoms with E-state index in [9.17, 15) is 14.9 Å². The fourth-order valence-electron chi connectivity index (χ4n) is 2.01. The lowest BCUT2D eigenvalue weighted by atomic mass is 10.2. The first-order valence-electron chi connectivity index (χ1n) is 6.20. The number of rotatable bonds is 4. The van der Waals surface area contributed by atoms with Crippen molar-refractivity contribution in [3.63, 3.8) is 0 Å². The highest BCUT2D eigenvalue weighted by Crippen LogP contribution is 2.22. The minimum atomic E-state index is -0.527. The Morgan fingerprint density at radius 3 is 2.55 bits per heavy atom. The summed E-state index contributed by atoms with van der Waals surface area (Å²) < 4.78 is 3.16. The summed E-state index contributed by atoms with van der Waals surface area (Å²) in [5.74, 6) is 0. The molecule has 0 bridgehead atoms. The van der Waals surface area contributed by atoms with Gasteiger partial charge in [-0.05, 0) is 25.5 Å². The highest BCUT2D eigenvalue weighted by Gasteiger charge is 2.12. The molecule has 7 heteroatoms. The van der Waals surface area contributed by atoms with Gasteiger partial charge in [-0.15, -0.1) is 0 Å². The van der Waals surface area contributed by atoms with Crippen molar-refractivity contribution in [1.29, 1.82) is 0 Å². The Kier molecular flexibility index (Phi) is 3.60. The topological polar surface area (TPSA) is 96.1 Å². The van der Waals surface area contributed by atoms with E-state index in [2.05, 4.69) is 0 Å². The number of hydrogen-bond donors (Lipinski definition) is 1. The number of benzene rings is 1. The minimum absolute atomic E-state index is 0.0886. The van der Waals surface area contributed by atoms with E-state index in [4.69, 9.17) is 5.73 Å². The van der Waals surface area contributed by atoms with Crippen molar-refractivity contribution in [3.05, 3.63) is 56.8 Å². The summed E-state index contributed by atoms with van der Waals surface area (Å²) in [7, 11) is 0. The van der Waals surface area contributed by atoms with E-state index in [1.54, 1.807) is 27.6 Å². The number of nitrogens with two attached hydrogens (primary N) is 1. The molecule has 2 N–H and O–H groups in total. The standard InChI is InChI=1S/C13H16N4O3/c1-9(2)16-6-5-15(13(16)18)8-10-3-4-12(17(19)20)11(14)7-10/h3-7,9H,8,14H2,1-2H3. The summed E-state index contributed by atoms with van der Waals surface area (Å²) in [4.78, 5) is 22.2. The van der Waals surface area contributed by atoms with Crippen molar-refractivity contribution in [1.82, 2.24) is 9.13 Å². The van der Waals surface area contributed by atoms with Crippen molar-refractivity contribution >= 4 is 11.4 Å². The molecule has 0 radical (unpaired) electrons. The molecule has 0 saturated heterocycles. The van der Waals surface area contributed by atoms with Crippen molar-refractivity contribution in [2.24, 2.45) is 0 Å². The Morgan fingerprint density at radius 2 is 2.05 bits per heavy atom. The molecule has 1 aromatic carbocycles. The molecular formula is C13H16N4O3. The molecule has 0 aliphatic rings. The Balaban J connectivity index is 2.29. The van der Waals surface area contributed by atoms with E-state index in [0.717, 1.165) is 5.56 Å². The highest BCUT2D eigenvalue weighted by atomic mass is 16.6. The van der Waals surface area contributed by atoms with Crippen LogP contribution in [0.5, 0.6) is 0 Å². The van der Waals surface area contributed by atoms with Crippen molar-refractivity contribution in [2.75, 3.05) is 5.73 Å². The van der Waals surface area contributed by atoms with Gasteiger partial charge in [0.25, 0.3) is 5.69 Å². The average Bonchev–Trinajstić information content (AvgIpc) is 2.70. The molecule has 0 fully saturated rings. The fourth-order valence-corrected chi connectivity index (χ4v) is 2.01. The molecule has 0 aliphatic heterocycles. The smallest absolute Gasteiger partial charge is 0.328 e. The predicted molar refractivity (Wildman–Crippen MR) is 75.7 cm³/mol. The summed E-state index contributed by atoms with van der Waals surface area (Å²) in [5.41, 5.74) is 6.24. The first-order chi connectivity index (χ1) is 9.40. The van der Waals surface area contributed by atoms with Crippen LogP contribution in [0.15, 0.2) is 35.4 Å². The van der Waals surface area contributed by atoms with E-state index in [1.165, 1.54) is 12.1 Å². The van der Waals surface area contributed by atoms with Crippen LogP contribution < -0.4 is 11.4 Å². The van der Waals surface area contributed by atoms with Crippen molar-refractivity contribution in [2.45, 2.75) is 26.4 Å². The number of anilines is 1. The summed E-state index contributed by atoms with van der Waals surface area (Å²) in [5, 5.41) is 10.7. The number of nitrogen functional groups attached to an aromatic ring is 1. The first-order valence-corrected chi connectivity index (χ1v) is 6.20. The second-order valence-electron chi connectivity index (χ2n) is 4.86. The van der Waals surface area contributed by atoms with Crippen LogP contribution in [0.2, 0.25) is 0 Å². The van der Waals surface area contributed by atoms with Gasteiger partial charge in [0.15, 0.2) is 0 Å². The lowest BCUT2D eigenvalue weighted by Gasteiger charge is -2.06. The van der Waals surface area contributed by atoms with Gasteiger partial charge in [0.05, 0.1) is 11.5 Å². The van der Waals surface area contributed by atoms with Gasteiger partial charge in [0, 0.05) is 24.5 Å². The summed E-state index contributed by atoms with van der Waals surface area (Å²) in [6.45, 7) is 4.19. The van der Waals surface area contributed by atoms with E-state index in [-0.39, 0.29) is 23.1 Å². The molecule has 2 rings (SSSR count). The molecule has 2 aromatic rings. The SMILES string of the molecule is CC(C)n1ccn(Cc2ccc([N+](=O)[O-])c(N)c2)c1=O. The van der Waals surface area contributed by atoms with Crippen molar-refractivity contribution < 1.29 is 4.92 Å². The quantitative estimate of drug-likeness (QED) is 0.523. The maximum atomic E-state index is 12.1. The maximum absolute atomic E-state index is 12.1. The third-order valence-corrected chi connectivity index (χ3v) is 3.07. The predicted octanol–water partition coefficient (Wildman–Crippen LogP) is 1.77. The average molecular weight is 276 g/mol. The Bertz CT molecular complexity index is 700. The summed E-state index contributed by atoms with van der Waals surface area (Å²) in [6, 6.07) is 4.57. The van der Waals surface area contributed by atoms with Gasteiger partial charge in [0.2, 0.25) is 0 Å². The third-order valence-electron chi connectivity index (χ3n) is 3.07. The second kappa shape index (κ2) is 5.20. The molecule has 106 valence electrons. The van der Waals surface area contributed by atoms with Gasteiger partial charge in [0.1, 0.15) is 5.69 Å². The molecule has 1 heterocycles. The fraction of sp³-hybridized carbons (Fsp3) is 0.308. The Labute approximate surface area is 115 Å². The normalized spacial score (nSPS) is 10.9. The summed E-state index contributed by atoms with van der Waals surface area (Å²) >= 11 is 0. The molecule has 0 spiro atoms. The molecule has 0 saturated carbocycles. The molecule has 0 aliphatic carbocycles. The lowest BCUT2D eigenvalue weighted by molar-refractivity contribution is -0.383.